The lowest BCUT2D eigenvalue weighted by Crippen LogP contribution is -2.02. The maximum Gasteiger partial charge on any atom is 0.167 e. The van der Waals surface area contributed by atoms with E-state index >= 15 is 0 Å². The second-order valence-corrected chi connectivity index (χ2v) is 15.2. The van der Waals surface area contributed by atoms with E-state index in [1.54, 1.807) is 0 Å². The van der Waals surface area contributed by atoms with Crippen molar-refractivity contribution in [1.82, 2.24) is 19.5 Å². The molecule has 0 saturated heterocycles. The van der Waals surface area contributed by atoms with Gasteiger partial charge in [-0.1, -0.05) is 133 Å². The first kappa shape index (κ1) is 32.0. The molecule has 0 spiro atoms. The monoisotopic (exact) mass is 754 g/mol. The zero-order chi connectivity index (χ0) is 38.6. The minimum Gasteiger partial charge on any atom is -0.455 e. The molecule has 0 bridgehead atoms. The van der Waals surface area contributed by atoms with Crippen molar-refractivity contribution >= 4 is 87.2 Å². The minimum atomic E-state index is 0.532. The van der Waals surface area contributed by atoms with Crippen molar-refractivity contribution < 1.29 is 8.83 Å². The molecule has 13 aromatic rings. The topological polar surface area (TPSA) is 69.9 Å². The highest BCUT2D eigenvalue weighted by Gasteiger charge is 2.23. The number of aromatic nitrogens is 4. The van der Waals surface area contributed by atoms with Crippen LogP contribution in [0.25, 0.3) is 127 Å². The van der Waals surface area contributed by atoms with Gasteiger partial charge in [-0.25, -0.2) is 15.0 Å². The van der Waals surface area contributed by atoms with Crippen molar-refractivity contribution in [3.8, 4) is 39.9 Å². The smallest absolute Gasteiger partial charge is 0.167 e. The molecule has 0 N–H and O–H groups in total. The lowest BCUT2D eigenvalue weighted by Gasteiger charge is -2.13. The summed E-state index contributed by atoms with van der Waals surface area (Å²) in [6, 6.07) is 63.3. The Kier molecular flexibility index (Phi) is 6.63. The van der Waals surface area contributed by atoms with Crippen LogP contribution in [0.5, 0.6) is 0 Å². The highest BCUT2D eigenvalue weighted by molar-refractivity contribution is 6.16. The molecule has 0 fully saturated rings. The van der Waals surface area contributed by atoms with Gasteiger partial charge in [-0.2, -0.15) is 0 Å². The lowest BCUT2D eigenvalue weighted by atomic mass is 10.0. The fraction of sp³-hybridized carbons (Fsp3) is 0. The largest absolute Gasteiger partial charge is 0.455 e. The maximum absolute atomic E-state index is 6.81. The van der Waals surface area contributed by atoms with Crippen LogP contribution in [-0.2, 0) is 0 Å². The number of para-hydroxylation sites is 4. The summed E-state index contributed by atoms with van der Waals surface area (Å²) in [6.07, 6.45) is 0. The fourth-order valence-electron chi connectivity index (χ4n) is 9.11. The first-order valence-electron chi connectivity index (χ1n) is 19.8. The van der Waals surface area contributed by atoms with E-state index in [9.17, 15) is 0 Å². The highest BCUT2D eigenvalue weighted by Crippen LogP contribution is 2.42. The predicted octanol–water partition coefficient (Wildman–Crippen LogP) is 14.1. The van der Waals surface area contributed by atoms with Crippen molar-refractivity contribution in [2.45, 2.75) is 0 Å². The Labute approximate surface area is 336 Å². The van der Waals surface area contributed by atoms with Gasteiger partial charge in [0.05, 0.1) is 22.3 Å². The Morgan fingerprint density at radius 3 is 1.71 bits per heavy atom. The standard InChI is InChI=1S/C53H30N4O2/c1-2-15-33-29-45-42(27-32(33)14-1)36-18-5-8-24-44(36)57(45)46-30-34(28-43-38-20-7-10-26-48(38)59-50(43)46)51-54-52(40-22-11-16-31-13-3-4-17-35(31)40)56-53(55-51)41-23-12-21-39-37-19-6-9-25-47(37)58-49(39)41/h1-30H. The molecule has 0 saturated carbocycles. The molecule has 6 heteroatoms. The van der Waals surface area contributed by atoms with E-state index in [2.05, 4.69) is 150 Å². The molecule has 274 valence electrons. The zero-order valence-corrected chi connectivity index (χ0v) is 31.4. The number of rotatable bonds is 4. The molecule has 0 unspecified atom stereocenters. The number of nitrogens with zero attached hydrogens (tertiary/aromatic N) is 4. The first-order valence-corrected chi connectivity index (χ1v) is 19.8. The second kappa shape index (κ2) is 12.2. The summed E-state index contributed by atoms with van der Waals surface area (Å²) in [5.41, 5.74) is 8.81. The number of hydrogen-bond acceptors (Lipinski definition) is 5. The highest BCUT2D eigenvalue weighted by atomic mass is 16.3. The molecule has 4 heterocycles. The van der Waals surface area contributed by atoms with Gasteiger partial charge in [0.25, 0.3) is 0 Å². The molecule has 0 aliphatic rings. The Hall–Kier alpha value is -8.09. The van der Waals surface area contributed by atoms with Crippen LogP contribution < -0.4 is 0 Å². The van der Waals surface area contributed by atoms with E-state index in [0.717, 1.165) is 88.1 Å². The molecule has 59 heavy (non-hydrogen) atoms. The first-order chi connectivity index (χ1) is 29.2. The van der Waals surface area contributed by atoms with Gasteiger partial charge in [0.15, 0.2) is 23.1 Å². The van der Waals surface area contributed by atoms with E-state index in [4.69, 9.17) is 23.8 Å². The normalized spacial score (nSPS) is 12.1. The molecule has 0 aliphatic heterocycles. The molecule has 0 atom stereocenters. The number of furan rings is 2. The van der Waals surface area contributed by atoms with Crippen molar-refractivity contribution in [3.63, 3.8) is 0 Å². The summed E-state index contributed by atoms with van der Waals surface area (Å²) in [7, 11) is 0. The molecule has 13 rings (SSSR count). The van der Waals surface area contributed by atoms with Gasteiger partial charge in [-0.15, -0.1) is 0 Å². The van der Waals surface area contributed by atoms with Gasteiger partial charge in [0, 0.05) is 43.4 Å². The van der Waals surface area contributed by atoms with Crippen LogP contribution in [0.1, 0.15) is 0 Å². The molecule has 0 aliphatic carbocycles. The van der Waals surface area contributed by atoms with E-state index in [1.807, 2.05) is 36.4 Å². The summed E-state index contributed by atoms with van der Waals surface area (Å²) in [6.45, 7) is 0. The van der Waals surface area contributed by atoms with Gasteiger partial charge < -0.3 is 13.4 Å². The third-order valence-electron chi connectivity index (χ3n) is 11.8. The average molecular weight is 755 g/mol. The molecule has 9 aromatic carbocycles. The minimum absolute atomic E-state index is 0.532. The number of benzene rings is 9. The van der Waals surface area contributed by atoms with Crippen LogP contribution in [0.2, 0.25) is 0 Å². The average Bonchev–Trinajstić information content (AvgIpc) is 3.97. The Balaban J connectivity index is 1.14. The molecule has 0 radical (unpaired) electrons. The number of hydrogen-bond donors (Lipinski definition) is 0. The maximum atomic E-state index is 6.81. The summed E-state index contributed by atoms with van der Waals surface area (Å²) < 4.78 is 15.7. The van der Waals surface area contributed by atoms with Crippen LogP contribution in [-0.4, -0.2) is 19.5 Å². The quantitative estimate of drug-likeness (QED) is 0.179. The van der Waals surface area contributed by atoms with E-state index in [1.165, 1.54) is 21.5 Å². The van der Waals surface area contributed by atoms with Crippen molar-refractivity contribution in [1.29, 1.82) is 0 Å². The van der Waals surface area contributed by atoms with Gasteiger partial charge >= 0.3 is 0 Å². The van der Waals surface area contributed by atoms with Crippen LogP contribution >= 0.6 is 0 Å². The zero-order valence-electron chi connectivity index (χ0n) is 31.4. The van der Waals surface area contributed by atoms with Crippen LogP contribution in [0.4, 0.5) is 0 Å². The summed E-state index contributed by atoms with van der Waals surface area (Å²) in [5, 5.41) is 10.9. The van der Waals surface area contributed by atoms with Crippen molar-refractivity contribution in [2.24, 2.45) is 0 Å². The third kappa shape index (κ3) is 4.77. The molecule has 0 amide bonds. The Morgan fingerprint density at radius 2 is 0.898 bits per heavy atom. The van der Waals surface area contributed by atoms with Crippen LogP contribution in [0.3, 0.4) is 0 Å². The number of fused-ring (bicyclic) bond motifs is 11. The Bertz CT molecular complexity index is 3870. The molecular formula is C53H30N4O2. The second-order valence-electron chi connectivity index (χ2n) is 15.2. The van der Waals surface area contributed by atoms with Crippen LogP contribution in [0, 0.1) is 0 Å². The third-order valence-corrected chi connectivity index (χ3v) is 11.8. The van der Waals surface area contributed by atoms with Gasteiger partial charge in [0.2, 0.25) is 0 Å². The van der Waals surface area contributed by atoms with E-state index in [0.29, 0.717) is 17.5 Å². The Morgan fingerprint density at radius 1 is 0.339 bits per heavy atom. The summed E-state index contributed by atoms with van der Waals surface area (Å²) in [5.74, 6) is 1.66. The molecular weight excluding hydrogens is 725 g/mol. The lowest BCUT2D eigenvalue weighted by molar-refractivity contribution is 0.666. The van der Waals surface area contributed by atoms with E-state index < -0.39 is 0 Å². The summed E-state index contributed by atoms with van der Waals surface area (Å²) in [4.78, 5) is 15.9. The predicted molar refractivity (Wildman–Crippen MR) is 240 cm³/mol. The van der Waals surface area contributed by atoms with Gasteiger partial charge in [-0.05, 0) is 70.1 Å². The molecule has 4 aromatic heterocycles. The van der Waals surface area contributed by atoms with Crippen LogP contribution in [0.15, 0.2) is 191 Å². The summed E-state index contributed by atoms with van der Waals surface area (Å²) >= 11 is 0. The van der Waals surface area contributed by atoms with Gasteiger partial charge in [-0.3, -0.25) is 0 Å². The van der Waals surface area contributed by atoms with E-state index in [-0.39, 0.29) is 0 Å². The van der Waals surface area contributed by atoms with Crippen molar-refractivity contribution in [3.05, 3.63) is 182 Å². The van der Waals surface area contributed by atoms with Gasteiger partial charge in [0.1, 0.15) is 16.7 Å². The SMILES string of the molecule is c1ccc2cc3c(cc2c1)c1ccccc1n3-c1cc(-c2nc(-c3cccc4ccccc34)nc(-c3cccc4c3oc3ccccc34)n2)cc2c1oc1ccccc12. The fourth-order valence-corrected chi connectivity index (χ4v) is 9.11. The van der Waals surface area contributed by atoms with Crippen molar-refractivity contribution in [2.75, 3.05) is 0 Å². The molecule has 6 nitrogen and oxygen atoms in total.